The van der Waals surface area contributed by atoms with E-state index in [4.69, 9.17) is 21.7 Å². The monoisotopic (exact) mass is 458 g/mol. The van der Waals surface area contributed by atoms with E-state index in [1.807, 2.05) is 44.2 Å². The van der Waals surface area contributed by atoms with Crippen molar-refractivity contribution >= 4 is 40.9 Å². The first kappa shape index (κ1) is 22.2. The second-order valence-electron chi connectivity index (χ2n) is 7.60. The molecular formula is C26H22N2O4S. The summed E-state index contributed by atoms with van der Waals surface area (Å²) in [7, 11) is 0. The molecule has 1 aliphatic heterocycles. The van der Waals surface area contributed by atoms with E-state index in [0.717, 1.165) is 0 Å². The van der Waals surface area contributed by atoms with Crippen molar-refractivity contribution < 1.29 is 19.1 Å². The molecule has 0 atom stereocenters. The maximum Gasteiger partial charge on any atom is 0.270 e. The highest BCUT2D eigenvalue weighted by Gasteiger charge is 2.34. The Kier molecular flexibility index (Phi) is 6.51. The number of anilines is 1. The maximum atomic E-state index is 13.2. The molecule has 33 heavy (non-hydrogen) atoms. The standard InChI is InChI=1S/C26H22N2O4S/c1-17(2)31-21-12-8-18(9-13-21)16-23-24(29)27-26(33)28(25(23)30)19-10-14-22(15-11-19)32-20-6-4-3-5-7-20/h3-17H,1-2H3,(H,27,29,33). The van der Waals surface area contributed by atoms with Gasteiger partial charge in [-0.2, -0.15) is 0 Å². The van der Waals surface area contributed by atoms with Crippen LogP contribution in [-0.4, -0.2) is 23.0 Å². The molecule has 0 bridgehead atoms. The maximum absolute atomic E-state index is 13.2. The lowest BCUT2D eigenvalue weighted by Gasteiger charge is -2.29. The molecular weight excluding hydrogens is 436 g/mol. The molecule has 0 saturated carbocycles. The van der Waals surface area contributed by atoms with E-state index in [1.165, 1.54) is 4.90 Å². The quantitative estimate of drug-likeness (QED) is 0.316. The summed E-state index contributed by atoms with van der Waals surface area (Å²) in [4.78, 5) is 27.0. The molecule has 0 aliphatic carbocycles. The van der Waals surface area contributed by atoms with Gasteiger partial charge in [0.2, 0.25) is 0 Å². The zero-order valence-electron chi connectivity index (χ0n) is 18.1. The number of benzene rings is 3. The predicted molar refractivity (Wildman–Crippen MR) is 131 cm³/mol. The average molecular weight is 459 g/mol. The fourth-order valence-corrected chi connectivity index (χ4v) is 3.54. The van der Waals surface area contributed by atoms with Crippen molar-refractivity contribution in [2.75, 3.05) is 4.90 Å². The molecule has 3 aromatic rings. The third-order valence-corrected chi connectivity index (χ3v) is 5.02. The van der Waals surface area contributed by atoms with Crippen molar-refractivity contribution in [1.29, 1.82) is 0 Å². The molecule has 2 amide bonds. The van der Waals surface area contributed by atoms with Gasteiger partial charge in [0.25, 0.3) is 11.8 Å². The van der Waals surface area contributed by atoms with Crippen LogP contribution in [0.5, 0.6) is 17.2 Å². The molecule has 166 valence electrons. The van der Waals surface area contributed by atoms with Gasteiger partial charge in [0.05, 0.1) is 11.8 Å². The first-order valence-electron chi connectivity index (χ1n) is 10.4. The Hall–Kier alpha value is -3.97. The fourth-order valence-electron chi connectivity index (χ4n) is 3.26. The van der Waals surface area contributed by atoms with Crippen LogP contribution >= 0.6 is 12.2 Å². The third kappa shape index (κ3) is 5.27. The van der Waals surface area contributed by atoms with Crippen LogP contribution in [0.1, 0.15) is 19.4 Å². The summed E-state index contributed by atoms with van der Waals surface area (Å²) in [5.74, 6) is 1.00. The van der Waals surface area contributed by atoms with Gasteiger partial charge >= 0.3 is 0 Å². The molecule has 7 heteroatoms. The topological polar surface area (TPSA) is 67.9 Å². The van der Waals surface area contributed by atoms with Crippen LogP contribution in [0.15, 0.2) is 84.4 Å². The van der Waals surface area contributed by atoms with Crippen molar-refractivity contribution in [3.05, 3.63) is 90.0 Å². The van der Waals surface area contributed by atoms with Crippen molar-refractivity contribution in [1.82, 2.24) is 5.32 Å². The molecule has 1 saturated heterocycles. The number of carbonyl (C=O) groups excluding carboxylic acids is 2. The molecule has 6 nitrogen and oxygen atoms in total. The fraction of sp³-hybridized carbons (Fsp3) is 0.115. The minimum Gasteiger partial charge on any atom is -0.491 e. The molecule has 3 aromatic carbocycles. The van der Waals surface area contributed by atoms with Crippen molar-refractivity contribution in [3.8, 4) is 17.2 Å². The summed E-state index contributed by atoms with van der Waals surface area (Å²) in [6.07, 6.45) is 1.59. The number of carbonyl (C=O) groups is 2. The van der Waals surface area contributed by atoms with Crippen LogP contribution in [0.4, 0.5) is 5.69 Å². The Labute approximate surface area is 197 Å². The van der Waals surface area contributed by atoms with E-state index in [2.05, 4.69) is 5.32 Å². The number of ether oxygens (including phenoxy) is 2. The first-order valence-corrected chi connectivity index (χ1v) is 10.8. The summed E-state index contributed by atoms with van der Waals surface area (Å²) in [6.45, 7) is 3.89. The SMILES string of the molecule is CC(C)Oc1ccc(C=C2C(=O)NC(=S)N(c3ccc(Oc4ccccc4)cc3)C2=O)cc1. The minimum atomic E-state index is -0.534. The molecule has 4 rings (SSSR count). The van der Waals surface area contributed by atoms with Crippen LogP contribution < -0.4 is 19.7 Å². The zero-order chi connectivity index (χ0) is 23.4. The van der Waals surface area contributed by atoms with Crippen molar-refractivity contribution in [3.63, 3.8) is 0 Å². The number of hydrogen-bond acceptors (Lipinski definition) is 5. The highest BCUT2D eigenvalue weighted by atomic mass is 32.1. The predicted octanol–water partition coefficient (Wildman–Crippen LogP) is 5.10. The van der Waals surface area contributed by atoms with Gasteiger partial charge in [-0.25, -0.2) is 0 Å². The van der Waals surface area contributed by atoms with E-state index in [9.17, 15) is 9.59 Å². The lowest BCUT2D eigenvalue weighted by molar-refractivity contribution is -0.122. The van der Waals surface area contributed by atoms with E-state index in [0.29, 0.717) is 28.5 Å². The van der Waals surface area contributed by atoms with Gasteiger partial charge in [0.1, 0.15) is 22.8 Å². The Morgan fingerprint density at radius 1 is 0.848 bits per heavy atom. The molecule has 1 fully saturated rings. The molecule has 0 unspecified atom stereocenters. The van der Waals surface area contributed by atoms with Gasteiger partial charge in [-0.15, -0.1) is 0 Å². The van der Waals surface area contributed by atoms with Gasteiger partial charge in [-0.3, -0.25) is 19.8 Å². The minimum absolute atomic E-state index is 0.00857. The van der Waals surface area contributed by atoms with Gasteiger partial charge in [-0.1, -0.05) is 30.3 Å². The van der Waals surface area contributed by atoms with Crippen molar-refractivity contribution in [2.24, 2.45) is 0 Å². The Morgan fingerprint density at radius 3 is 2.09 bits per heavy atom. The smallest absolute Gasteiger partial charge is 0.270 e. The first-order chi connectivity index (χ1) is 15.9. The number of hydrogen-bond donors (Lipinski definition) is 1. The second kappa shape index (κ2) is 9.67. The average Bonchev–Trinajstić information content (AvgIpc) is 2.79. The van der Waals surface area contributed by atoms with Gasteiger partial charge in [0.15, 0.2) is 5.11 Å². The van der Waals surface area contributed by atoms with Crippen LogP contribution in [0.25, 0.3) is 6.08 Å². The van der Waals surface area contributed by atoms with Crippen molar-refractivity contribution in [2.45, 2.75) is 20.0 Å². The van der Waals surface area contributed by atoms with Gasteiger partial charge in [0, 0.05) is 0 Å². The number of thiocarbonyl (C=S) groups is 1. The number of rotatable bonds is 6. The largest absolute Gasteiger partial charge is 0.491 e. The number of amides is 2. The molecule has 1 heterocycles. The van der Waals surface area contributed by atoms with Gasteiger partial charge < -0.3 is 9.47 Å². The molecule has 0 radical (unpaired) electrons. The Balaban J connectivity index is 1.55. The van der Waals surface area contributed by atoms with E-state index >= 15 is 0 Å². The van der Waals surface area contributed by atoms with Gasteiger partial charge in [-0.05, 0) is 86.2 Å². The van der Waals surface area contributed by atoms with E-state index < -0.39 is 11.8 Å². The summed E-state index contributed by atoms with van der Waals surface area (Å²) >= 11 is 5.27. The van der Waals surface area contributed by atoms with Crippen LogP contribution in [0.3, 0.4) is 0 Å². The Morgan fingerprint density at radius 2 is 1.45 bits per heavy atom. The van der Waals surface area contributed by atoms with Crippen LogP contribution in [0.2, 0.25) is 0 Å². The number of nitrogens with zero attached hydrogens (tertiary/aromatic N) is 1. The lowest BCUT2D eigenvalue weighted by atomic mass is 10.1. The summed E-state index contributed by atoms with van der Waals surface area (Å²) in [6, 6.07) is 23.5. The van der Waals surface area contributed by atoms with E-state index in [1.54, 1.807) is 54.6 Å². The Bertz CT molecular complexity index is 1200. The molecule has 1 N–H and O–H groups in total. The van der Waals surface area contributed by atoms with E-state index in [-0.39, 0.29) is 16.8 Å². The molecule has 1 aliphatic rings. The highest BCUT2D eigenvalue weighted by molar-refractivity contribution is 7.80. The van der Waals surface area contributed by atoms with Crippen LogP contribution in [0, 0.1) is 0 Å². The number of nitrogens with one attached hydrogen (secondary N) is 1. The highest BCUT2D eigenvalue weighted by Crippen LogP contribution is 2.27. The number of para-hydroxylation sites is 1. The lowest BCUT2D eigenvalue weighted by Crippen LogP contribution is -2.54. The zero-order valence-corrected chi connectivity index (χ0v) is 19.0. The summed E-state index contributed by atoms with van der Waals surface area (Å²) in [5, 5.41) is 2.62. The summed E-state index contributed by atoms with van der Waals surface area (Å²) in [5.41, 5.74) is 1.21. The molecule has 0 aromatic heterocycles. The van der Waals surface area contributed by atoms with Crippen LogP contribution in [-0.2, 0) is 9.59 Å². The second-order valence-corrected chi connectivity index (χ2v) is 7.99. The molecule has 0 spiro atoms. The third-order valence-electron chi connectivity index (χ3n) is 4.74. The summed E-state index contributed by atoms with van der Waals surface area (Å²) < 4.78 is 11.4. The normalized spacial score (nSPS) is 15.1.